The minimum Gasteiger partial charge on any atom is -0.241 e. The number of thiazole rings is 1. The van der Waals surface area contributed by atoms with Gasteiger partial charge in [0.25, 0.3) is 0 Å². The van der Waals surface area contributed by atoms with E-state index >= 15 is 0 Å². The van der Waals surface area contributed by atoms with Crippen molar-refractivity contribution in [3.05, 3.63) is 38.8 Å². The van der Waals surface area contributed by atoms with Crippen LogP contribution in [0, 0.1) is 0 Å². The fraction of sp³-hybridized carbons (Fsp3) is 0.250. The van der Waals surface area contributed by atoms with Crippen molar-refractivity contribution in [2.75, 3.05) is 0 Å². The van der Waals surface area contributed by atoms with Gasteiger partial charge in [-0.05, 0) is 18.6 Å². The Hall–Kier alpha value is -0.220. The highest BCUT2D eigenvalue weighted by atomic mass is 35.5. The number of thiol groups is 1. The monoisotopic (exact) mass is 303 g/mol. The summed E-state index contributed by atoms with van der Waals surface area (Å²) in [4.78, 5) is 5.83. The number of hydrogen-bond donors (Lipinski definition) is 1. The molecular weight excluding hydrogens is 293 g/mol. The predicted molar refractivity (Wildman–Crippen MR) is 79.6 cm³/mol. The van der Waals surface area contributed by atoms with Crippen molar-refractivity contribution in [3.8, 4) is 10.6 Å². The molecule has 90 valence electrons. The molecule has 0 aliphatic heterocycles. The highest BCUT2D eigenvalue weighted by Gasteiger charge is 2.11. The van der Waals surface area contributed by atoms with Crippen LogP contribution in [-0.4, -0.2) is 4.98 Å². The van der Waals surface area contributed by atoms with E-state index in [-0.39, 0.29) is 0 Å². The smallest absolute Gasteiger partial charge is 0.123 e. The van der Waals surface area contributed by atoms with Crippen LogP contribution < -0.4 is 0 Å². The van der Waals surface area contributed by atoms with Crippen molar-refractivity contribution in [2.45, 2.75) is 19.1 Å². The van der Waals surface area contributed by atoms with Gasteiger partial charge in [0.2, 0.25) is 0 Å². The van der Waals surface area contributed by atoms with Gasteiger partial charge in [-0.3, -0.25) is 0 Å². The van der Waals surface area contributed by atoms with Crippen LogP contribution in [0.5, 0.6) is 0 Å². The topological polar surface area (TPSA) is 12.9 Å². The van der Waals surface area contributed by atoms with E-state index < -0.39 is 0 Å². The number of rotatable bonds is 3. The number of aromatic nitrogens is 1. The van der Waals surface area contributed by atoms with Gasteiger partial charge >= 0.3 is 0 Å². The second-order valence-corrected chi connectivity index (χ2v) is 5.74. The Morgan fingerprint density at radius 1 is 1.29 bits per heavy atom. The summed E-state index contributed by atoms with van der Waals surface area (Å²) in [6, 6.07) is 5.59. The number of benzene rings is 1. The quantitative estimate of drug-likeness (QED) is 0.778. The lowest BCUT2D eigenvalue weighted by Crippen LogP contribution is -1.85. The van der Waals surface area contributed by atoms with Gasteiger partial charge in [0.05, 0.1) is 15.7 Å². The summed E-state index contributed by atoms with van der Waals surface area (Å²) in [6.07, 6.45) is 0.924. The number of halogens is 2. The van der Waals surface area contributed by atoms with Crippen molar-refractivity contribution in [1.29, 1.82) is 0 Å². The zero-order valence-corrected chi connectivity index (χ0v) is 12.4. The highest BCUT2D eigenvalue weighted by Crippen LogP contribution is 2.33. The van der Waals surface area contributed by atoms with Crippen molar-refractivity contribution in [3.63, 3.8) is 0 Å². The standard InChI is InChI=1S/C12H11Cl2NS2/c1-2-10-11(6-16)17-12(15-10)7-3-4-8(13)9(14)5-7/h3-5,16H,2,6H2,1H3. The summed E-state index contributed by atoms with van der Waals surface area (Å²) in [5, 5.41) is 2.10. The Labute approximate surface area is 120 Å². The lowest BCUT2D eigenvalue weighted by molar-refractivity contribution is 1.04. The molecule has 17 heavy (non-hydrogen) atoms. The molecule has 0 aliphatic carbocycles. The first-order valence-corrected chi connectivity index (χ1v) is 7.41. The third kappa shape index (κ3) is 2.79. The Balaban J connectivity index is 2.45. The van der Waals surface area contributed by atoms with Gasteiger partial charge in [-0.1, -0.05) is 36.2 Å². The first-order valence-electron chi connectivity index (χ1n) is 5.20. The van der Waals surface area contributed by atoms with E-state index in [4.69, 9.17) is 23.2 Å². The van der Waals surface area contributed by atoms with Crippen LogP contribution in [0.3, 0.4) is 0 Å². The average molecular weight is 304 g/mol. The lowest BCUT2D eigenvalue weighted by atomic mass is 10.2. The molecule has 0 aliphatic rings. The second-order valence-electron chi connectivity index (χ2n) is 3.53. The van der Waals surface area contributed by atoms with Crippen LogP contribution in [0.4, 0.5) is 0 Å². The number of aryl methyl sites for hydroxylation is 1. The van der Waals surface area contributed by atoms with Gasteiger partial charge in [0.1, 0.15) is 5.01 Å². The molecule has 2 rings (SSSR count). The summed E-state index contributed by atoms with van der Waals surface area (Å²) in [5.74, 6) is 0.724. The van der Waals surface area contributed by atoms with Crippen molar-refractivity contribution in [1.82, 2.24) is 4.98 Å². The highest BCUT2D eigenvalue weighted by molar-refractivity contribution is 7.79. The van der Waals surface area contributed by atoms with Crippen LogP contribution in [0.2, 0.25) is 10.0 Å². The minimum absolute atomic E-state index is 0.560. The van der Waals surface area contributed by atoms with Crippen LogP contribution in [-0.2, 0) is 12.2 Å². The van der Waals surface area contributed by atoms with Gasteiger partial charge in [-0.15, -0.1) is 11.3 Å². The fourth-order valence-corrected chi connectivity index (χ4v) is 3.22. The van der Waals surface area contributed by atoms with E-state index in [0.717, 1.165) is 28.4 Å². The summed E-state index contributed by atoms with van der Waals surface area (Å²) in [6.45, 7) is 2.10. The maximum absolute atomic E-state index is 6.01. The Morgan fingerprint density at radius 3 is 2.59 bits per heavy atom. The summed E-state index contributed by atoms with van der Waals surface area (Å²) >= 11 is 17.9. The van der Waals surface area contributed by atoms with E-state index in [2.05, 4.69) is 24.5 Å². The van der Waals surface area contributed by atoms with E-state index in [0.29, 0.717) is 10.0 Å². The van der Waals surface area contributed by atoms with Gasteiger partial charge in [-0.25, -0.2) is 4.98 Å². The van der Waals surface area contributed by atoms with Gasteiger partial charge in [0, 0.05) is 16.2 Å². The van der Waals surface area contributed by atoms with Crippen molar-refractivity contribution in [2.24, 2.45) is 0 Å². The van der Waals surface area contributed by atoms with Crippen molar-refractivity contribution < 1.29 is 0 Å². The summed E-state index contributed by atoms with van der Waals surface area (Å²) in [7, 11) is 0. The molecule has 0 fully saturated rings. The molecule has 0 bridgehead atoms. The first-order chi connectivity index (χ1) is 8.15. The summed E-state index contributed by atoms with van der Waals surface area (Å²) < 4.78 is 0. The molecule has 1 aromatic carbocycles. The van der Waals surface area contributed by atoms with E-state index in [1.807, 2.05) is 12.1 Å². The van der Waals surface area contributed by atoms with E-state index in [9.17, 15) is 0 Å². The Morgan fingerprint density at radius 2 is 2.06 bits per heavy atom. The second kappa shape index (κ2) is 5.61. The lowest BCUT2D eigenvalue weighted by Gasteiger charge is -1.98. The zero-order chi connectivity index (χ0) is 12.4. The molecule has 0 unspecified atom stereocenters. The molecule has 0 saturated carbocycles. The third-order valence-corrected chi connectivity index (χ3v) is 4.84. The van der Waals surface area contributed by atoms with Crippen LogP contribution in [0.25, 0.3) is 10.6 Å². The van der Waals surface area contributed by atoms with Crippen LogP contribution in [0.1, 0.15) is 17.5 Å². The normalized spacial score (nSPS) is 10.8. The molecule has 5 heteroatoms. The van der Waals surface area contributed by atoms with E-state index in [1.165, 1.54) is 4.88 Å². The predicted octanol–water partition coefficient (Wildman–Crippen LogP) is 5.11. The Bertz CT molecular complexity index is 516. The van der Waals surface area contributed by atoms with Crippen molar-refractivity contribution >= 4 is 47.2 Å². The maximum Gasteiger partial charge on any atom is 0.123 e. The largest absolute Gasteiger partial charge is 0.241 e. The molecule has 1 heterocycles. The fourth-order valence-electron chi connectivity index (χ4n) is 1.54. The first kappa shape index (κ1) is 13.2. The van der Waals surface area contributed by atoms with Gasteiger partial charge < -0.3 is 0 Å². The number of nitrogens with zero attached hydrogens (tertiary/aromatic N) is 1. The summed E-state index contributed by atoms with van der Waals surface area (Å²) in [5.41, 5.74) is 2.12. The van der Waals surface area contributed by atoms with Gasteiger partial charge in [-0.2, -0.15) is 12.6 Å². The molecule has 0 amide bonds. The van der Waals surface area contributed by atoms with Crippen LogP contribution >= 0.6 is 47.2 Å². The molecule has 2 aromatic rings. The maximum atomic E-state index is 6.01. The molecule has 0 radical (unpaired) electrons. The van der Waals surface area contributed by atoms with Gasteiger partial charge in [0.15, 0.2) is 0 Å². The molecule has 1 nitrogen and oxygen atoms in total. The molecule has 0 atom stereocenters. The average Bonchev–Trinajstić information content (AvgIpc) is 2.75. The Kier molecular flexibility index (Phi) is 4.36. The molecule has 0 N–H and O–H groups in total. The third-order valence-electron chi connectivity index (χ3n) is 2.42. The number of hydrogen-bond acceptors (Lipinski definition) is 3. The van der Waals surface area contributed by atoms with E-state index in [1.54, 1.807) is 17.4 Å². The van der Waals surface area contributed by atoms with Crippen LogP contribution in [0.15, 0.2) is 18.2 Å². The molecular formula is C12H11Cl2NS2. The SMILES string of the molecule is CCc1nc(-c2ccc(Cl)c(Cl)c2)sc1CS. The molecule has 0 spiro atoms. The zero-order valence-electron chi connectivity index (χ0n) is 9.20. The molecule has 1 aromatic heterocycles. The minimum atomic E-state index is 0.560. The molecule has 0 saturated heterocycles.